The third kappa shape index (κ3) is 8.05. The minimum Gasteiger partial charge on any atom is -0.387 e. The molecule has 0 unspecified atom stereocenters. The molecule has 1 heterocycles. The zero-order valence-corrected chi connectivity index (χ0v) is 19.8. The smallest absolute Gasteiger partial charge is 0.315 e. The van der Waals surface area contributed by atoms with Gasteiger partial charge in [0.15, 0.2) is 0 Å². The number of aliphatic hydroxyl groups is 1. The minimum absolute atomic E-state index is 0.0327. The lowest BCUT2D eigenvalue weighted by atomic mass is 10.00. The number of aromatic nitrogens is 1. The topological polar surface area (TPSA) is 118 Å². The molecule has 0 aliphatic carbocycles. The molecule has 0 saturated heterocycles. The second-order valence-electron chi connectivity index (χ2n) is 7.95. The summed E-state index contributed by atoms with van der Waals surface area (Å²) in [6.07, 6.45) is -4.52. The summed E-state index contributed by atoms with van der Waals surface area (Å²) in [5.74, 6) is -1.58. The van der Waals surface area contributed by atoms with Crippen LogP contribution in [0.3, 0.4) is 0 Å². The maximum atomic E-state index is 13.2. The van der Waals surface area contributed by atoms with Crippen molar-refractivity contribution in [3.8, 4) is 11.1 Å². The van der Waals surface area contributed by atoms with E-state index in [4.69, 9.17) is 4.74 Å². The summed E-state index contributed by atoms with van der Waals surface area (Å²) in [4.78, 5) is 15.6. The monoisotopic (exact) mass is 503 g/mol. The molecule has 34 heavy (non-hydrogen) atoms. The fourth-order valence-corrected chi connectivity index (χ4v) is 3.57. The van der Waals surface area contributed by atoms with Gasteiger partial charge >= 0.3 is 6.43 Å². The molecule has 2 atom stereocenters. The van der Waals surface area contributed by atoms with Gasteiger partial charge in [0.1, 0.15) is 24.6 Å². The number of rotatable bonds is 12. The van der Waals surface area contributed by atoms with Crippen molar-refractivity contribution in [1.82, 2.24) is 15.0 Å². The second kappa shape index (κ2) is 11.7. The summed E-state index contributed by atoms with van der Waals surface area (Å²) < 4.78 is 69.5. The SMILES string of the molecule is CCS(=O)(=O)NCc1ccc(-c2ccc([C@@H](OC(C)(C)NC(=O)C(F)F)[C@H](O)CF)cc2)cn1. The average molecular weight is 504 g/mol. The van der Waals surface area contributed by atoms with E-state index < -0.39 is 47.0 Å². The zero-order chi connectivity index (χ0) is 25.5. The van der Waals surface area contributed by atoms with Crippen molar-refractivity contribution in [2.45, 2.75) is 51.7 Å². The van der Waals surface area contributed by atoms with Crippen LogP contribution in [0.25, 0.3) is 11.1 Å². The molecule has 3 N–H and O–H groups in total. The van der Waals surface area contributed by atoms with Crippen molar-refractivity contribution < 1.29 is 36.2 Å². The van der Waals surface area contributed by atoms with Crippen molar-refractivity contribution in [3.63, 3.8) is 0 Å². The number of hydrogen-bond donors (Lipinski definition) is 3. The second-order valence-corrected chi connectivity index (χ2v) is 10.0. The summed E-state index contributed by atoms with van der Waals surface area (Å²) in [5, 5.41) is 12.1. The number of alkyl halides is 3. The molecule has 188 valence electrons. The molecule has 0 radical (unpaired) electrons. The van der Waals surface area contributed by atoms with Gasteiger partial charge in [0.2, 0.25) is 10.0 Å². The summed E-state index contributed by atoms with van der Waals surface area (Å²) in [6.45, 7) is 3.07. The molecule has 1 aromatic carbocycles. The first-order valence-corrected chi connectivity index (χ1v) is 12.1. The van der Waals surface area contributed by atoms with Gasteiger partial charge in [0.05, 0.1) is 18.0 Å². The molecule has 0 saturated carbocycles. The Hall–Kier alpha value is -2.54. The van der Waals surface area contributed by atoms with Gasteiger partial charge in [-0.15, -0.1) is 0 Å². The van der Waals surface area contributed by atoms with Crippen LogP contribution in [0.1, 0.15) is 38.1 Å². The zero-order valence-electron chi connectivity index (χ0n) is 19.0. The van der Waals surface area contributed by atoms with Gasteiger partial charge in [-0.1, -0.05) is 30.3 Å². The molecule has 0 aliphatic heterocycles. The standard InChI is InChI=1S/C22H28F3N3O5S/c1-4-34(31,32)27-13-17-10-9-16(12-26-17)14-5-7-15(8-6-14)19(18(29)11-23)33-22(2,3)28-21(30)20(24)25/h5-10,12,18-20,27,29H,4,11,13H2,1-3H3,(H,28,30)/t18-,19-/m1/s1. The predicted octanol–water partition coefficient (Wildman–Crippen LogP) is 2.69. The Bertz CT molecular complexity index is 1050. The molecule has 12 heteroatoms. The Kier molecular flexibility index (Phi) is 9.56. The van der Waals surface area contributed by atoms with Gasteiger partial charge in [-0.25, -0.2) is 17.5 Å². The third-order valence-corrected chi connectivity index (χ3v) is 6.15. The number of aliphatic hydroxyl groups excluding tert-OH is 1. The van der Waals surface area contributed by atoms with Gasteiger partial charge in [-0.3, -0.25) is 9.78 Å². The van der Waals surface area contributed by atoms with Crippen LogP contribution < -0.4 is 10.0 Å². The number of ether oxygens (including phenoxy) is 1. The van der Waals surface area contributed by atoms with E-state index in [9.17, 15) is 31.5 Å². The van der Waals surface area contributed by atoms with Gasteiger partial charge in [-0.2, -0.15) is 8.78 Å². The van der Waals surface area contributed by atoms with Crippen molar-refractivity contribution in [2.24, 2.45) is 0 Å². The molecule has 0 fully saturated rings. The Labute approximate surface area is 196 Å². The number of hydrogen-bond acceptors (Lipinski definition) is 6. The first kappa shape index (κ1) is 27.7. The van der Waals surface area contributed by atoms with Crippen LogP contribution in [0.15, 0.2) is 42.6 Å². The van der Waals surface area contributed by atoms with Crippen LogP contribution in [-0.2, 0) is 26.1 Å². The number of halogens is 3. The largest absolute Gasteiger partial charge is 0.387 e. The van der Waals surface area contributed by atoms with E-state index in [0.717, 1.165) is 11.1 Å². The molecule has 1 amide bonds. The highest BCUT2D eigenvalue weighted by Gasteiger charge is 2.33. The number of nitrogens with one attached hydrogen (secondary N) is 2. The molecule has 0 spiro atoms. The number of carbonyl (C=O) groups is 1. The minimum atomic E-state index is -3.34. The Morgan fingerprint density at radius 3 is 2.26 bits per heavy atom. The Balaban J connectivity index is 2.16. The highest BCUT2D eigenvalue weighted by Crippen LogP contribution is 2.29. The molecule has 1 aromatic heterocycles. The summed E-state index contributed by atoms with van der Waals surface area (Å²) in [6, 6.07) is 9.94. The average Bonchev–Trinajstić information content (AvgIpc) is 2.81. The molecular formula is C22H28F3N3O5S. The lowest BCUT2D eigenvalue weighted by Gasteiger charge is -2.33. The number of sulfonamides is 1. The summed E-state index contributed by atoms with van der Waals surface area (Å²) >= 11 is 0. The number of benzene rings is 1. The van der Waals surface area contributed by atoms with Crippen LogP contribution in [0.2, 0.25) is 0 Å². The molecular weight excluding hydrogens is 475 g/mol. The summed E-state index contributed by atoms with van der Waals surface area (Å²) in [7, 11) is -3.34. The highest BCUT2D eigenvalue weighted by atomic mass is 32.2. The number of pyridine rings is 1. The van der Waals surface area contributed by atoms with Gasteiger partial charge < -0.3 is 15.2 Å². The van der Waals surface area contributed by atoms with Crippen molar-refractivity contribution in [2.75, 3.05) is 12.4 Å². The number of amides is 1. The van der Waals surface area contributed by atoms with E-state index in [1.54, 1.807) is 42.6 Å². The molecule has 0 aliphatic rings. The maximum Gasteiger partial charge on any atom is 0.315 e. The third-order valence-electron chi connectivity index (χ3n) is 4.80. The van der Waals surface area contributed by atoms with Crippen LogP contribution >= 0.6 is 0 Å². The number of carbonyl (C=O) groups excluding carboxylic acids is 1. The maximum absolute atomic E-state index is 13.2. The predicted molar refractivity (Wildman–Crippen MR) is 120 cm³/mol. The normalized spacial score (nSPS) is 14.1. The molecule has 0 bridgehead atoms. The fourth-order valence-electron chi connectivity index (χ4n) is 3.00. The van der Waals surface area contributed by atoms with Crippen LogP contribution in [0.5, 0.6) is 0 Å². The van der Waals surface area contributed by atoms with Crippen molar-refractivity contribution in [3.05, 3.63) is 53.9 Å². The number of nitrogens with zero attached hydrogens (tertiary/aromatic N) is 1. The quantitative estimate of drug-likeness (QED) is 0.384. The molecule has 2 aromatic rings. The van der Waals surface area contributed by atoms with E-state index in [0.29, 0.717) is 11.3 Å². The Morgan fingerprint density at radius 2 is 1.76 bits per heavy atom. The van der Waals surface area contributed by atoms with Gasteiger partial charge in [0.25, 0.3) is 5.91 Å². The highest BCUT2D eigenvalue weighted by molar-refractivity contribution is 7.89. The lowest BCUT2D eigenvalue weighted by molar-refractivity contribution is -0.160. The van der Waals surface area contributed by atoms with Crippen molar-refractivity contribution >= 4 is 15.9 Å². The van der Waals surface area contributed by atoms with E-state index in [-0.39, 0.29) is 12.3 Å². The van der Waals surface area contributed by atoms with Gasteiger partial charge in [-0.05, 0) is 38.0 Å². The molecule has 2 rings (SSSR count). The summed E-state index contributed by atoms with van der Waals surface area (Å²) in [5.41, 5.74) is 0.751. The van der Waals surface area contributed by atoms with E-state index in [1.807, 2.05) is 5.32 Å². The first-order valence-electron chi connectivity index (χ1n) is 10.4. The van der Waals surface area contributed by atoms with E-state index in [1.165, 1.54) is 20.8 Å². The van der Waals surface area contributed by atoms with E-state index >= 15 is 0 Å². The van der Waals surface area contributed by atoms with Crippen LogP contribution in [0.4, 0.5) is 13.2 Å². The lowest BCUT2D eigenvalue weighted by Crippen LogP contribution is -2.49. The fraction of sp³-hybridized carbons (Fsp3) is 0.455. The Morgan fingerprint density at radius 1 is 1.15 bits per heavy atom. The van der Waals surface area contributed by atoms with Crippen LogP contribution in [0, 0.1) is 0 Å². The van der Waals surface area contributed by atoms with Crippen molar-refractivity contribution in [1.29, 1.82) is 0 Å². The van der Waals surface area contributed by atoms with Crippen LogP contribution in [-0.4, -0.2) is 55.1 Å². The van der Waals surface area contributed by atoms with E-state index in [2.05, 4.69) is 9.71 Å². The molecule has 8 nitrogen and oxygen atoms in total. The first-order chi connectivity index (χ1) is 15.9. The van der Waals surface area contributed by atoms with Gasteiger partial charge in [0, 0.05) is 11.8 Å².